The minimum absolute atomic E-state index is 0.111. The van der Waals surface area contributed by atoms with Crippen LogP contribution in [0.4, 0.5) is 0 Å². The number of aromatic nitrogens is 1. The third-order valence-corrected chi connectivity index (χ3v) is 5.31. The van der Waals surface area contributed by atoms with Gasteiger partial charge in [0, 0.05) is 38.3 Å². The summed E-state index contributed by atoms with van der Waals surface area (Å²) in [7, 11) is 1.68. The topological polar surface area (TPSA) is 67.6 Å². The first kappa shape index (κ1) is 20.6. The van der Waals surface area contributed by atoms with Crippen molar-refractivity contribution in [1.29, 1.82) is 0 Å². The van der Waals surface area contributed by atoms with Crippen molar-refractivity contribution in [3.63, 3.8) is 0 Å². The van der Waals surface area contributed by atoms with Gasteiger partial charge in [-0.25, -0.2) is 4.98 Å². The summed E-state index contributed by atoms with van der Waals surface area (Å²) in [4.78, 5) is 19.4. The molecule has 0 atom stereocenters. The van der Waals surface area contributed by atoms with Crippen molar-refractivity contribution >= 4 is 5.91 Å². The highest BCUT2D eigenvalue weighted by atomic mass is 16.5. The predicted molar refractivity (Wildman–Crippen MR) is 109 cm³/mol. The fourth-order valence-electron chi connectivity index (χ4n) is 3.61. The molecule has 6 nitrogen and oxygen atoms in total. The number of nitrogens with one attached hydrogen (secondary N) is 1. The van der Waals surface area contributed by atoms with E-state index in [0.29, 0.717) is 19.0 Å². The largest absolute Gasteiger partial charge is 0.441 e. The summed E-state index contributed by atoms with van der Waals surface area (Å²) in [5, 5.41) is 3.02. The summed E-state index contributed by atoms with van der Waals surface area (Å²) in [5.41, 5.74) is 3.19. The number of hydrogen-bond acceptors (Lipinski definition) is 5. The fraction of sp³-hybridized carbons (Fsp3) is 0.545. The van der Waals surface area contributed by atoms with Crippen LogP contribution in [0.15, 0.2) is 28.7 Å². The lowest BCUT2D eigenvalue weighted by atomic mass is 9.95. The van der Waals surface area contributed by atoms with Crippen LogP contribution >= 0.6 is 0 Å². The zero-order valence-corrected chi connectivity index (χ0v) is 17.2. The molecule has 2 heterocycles. The maximum atomic E-state index is 12.3. The van der Waals surface area contributed by atoms with Gasteiger partial charge in [0.25, 0.3) is 0 Å². The Morgan fingerprint density at radius 1 is 1.32 bits per heavy atom. The lowest BCUT2D eigenvalue weighted by Crippen LogP contribution is -2.40. The number of hydrogen-bond donors (Lipinski definition) is 1. The molecule has 1 aliphatic rings. The molecule has 0 aliphatic carbocycles. The molecule has 0 radical (unpaired) electrons. The van der Waals surface area contributed by atoms with Crippen molar-refractivity contribution in [3.05, 3.63) is 41.3 Å². The molecule has 3 rings (SSSR count). The van der Waals surface area contributed by atoms with Gasteiger partial charge in [-0.2, -0.15) is 0 Å². The number of amides is 1. The molecular formula is C22H31N3O3. The molecule has 152 valence electrons. The van der Waals surface area contributed by atoms with Crippen LogP contribution in [0.25, 0.3) is 11.5 Å². The van der Waals surface area contributed by atoms with Gasteiger partial charge in [-0.05, 0) is 58.3 Å². The van der Waals surface area contributed by atoms with Crippen molar-refractivity contribution in [2.75, 3.05) is 33.4 Å². The second-order valence-corrected chi connectivity index (χ2v) is 7.58. The number of carbonyl (C=O) groups is 1. The molecule has 6 heteroatoms. The SMILES string of the molecule is COCCCNC(=O)C1CCN(Cc2nc(-c3cccc(C)c3)oc2C)CC1. The summed E-state index contributed by atoms with van der Waals surface area (Å²) >= 11 is 0. The van der Waals surface area contributed by atoms with E-state index in [4.69, 9.17) is 14.1 Å². The van der Waals surface area contributed by atoms with E-state index in [2.05, 4.69) is 29.3 Å². The molecule has 1 aromatic carbocycles. The Balaban J connectivity index is 1.50. The van der Waals surface area contributed by atoms with Crippen molar-refractivity contribution in [2.24, 2.45) is 5.92 Å². The molecule has 1 aromatic heterocycles. The number of rotatable bonds is 8. The average Bonchev–Trinajstić information content (AvgIpc) is 3.06. The Labute approximate surface area is 167 Å². The van der Waals surface area contributed by atoms with Gasteiger partial charge in [0.2, 0.25) is 11.8 Å². The standard InChI is InChI=1S/C22H31N3O3/c1-16-6-4-7-19(14-16)22-24-20(17(2)28-22)15-25-11-8-18(9-12-25)21(26)23-10-5-13-27-3/h4,6-7,14,18H,5,8-13,15H2,1-3H3,(H,23,26). The Hall–Kier alpha value is -2.18. The van der Waals surface area contributed by atoms with Crippen LogP contribution in [-0.2, 0) is 16.1 Å². The Morgan fingerprint density at radius 3 is 2.82 bits per heavy atom. The first-order chi connectivity index (χ1) is 13.6. The summed E-state index contributed by atoms with van der Waals surface area (Å²) in [5.74, 6) is 1.84. The second kappa shape index (κ2) is 9.85. The molecule has 1 saturated heterocycles. The van der Waals surface area contributed by atoms with Gasteiger partial charge < -0.3 is 14.5 Å². The maximum Gasteiger partial charge on any atom is 0.226 e. The Bertz CT molecular complexity index is 779. The number of benzene rings is 1. The van der Waals surface area contributed by atoms with E-state index in [1.54, 1.807) is 7.11 Å². The minimum Gasteiger partial charge on any atom is -0.441 e. The van der Waals surface area contributed by atoms with Crippen LogP contribution in [0.3, 0.4) is 0 Å². The van der Waals surface area contributed by atoms with Gasteiger partial charge >= 0.3 is 0 Å². The van der Waals surface area contributed by atoms with Crippen molar-refractivity contribution < 1.29 is 13.9 Å². The van der Waals surface area contributed by atoms with Gasteiger partial charge in [0.15, 0.2) is 0 Å². The number of carbonyl (C=O) groups excluding carboxylic acids is 1. The number of likely N-dealkylation sites (tertiary alicyclic amines) is 1. The summed E-state index contributed by atoms with van der Waals surface area (Å²) in [6.45, 7) is 7.99. The number of ether oxygens (including phenoxy) is 1. The second-order valence-electron chi connectivity index (χ2n) is 7.58. The predicted octanol–water partition coefficient (Wildman–Crippen LogP) is 3.32. The maximum absolute atomic E-state index is 12.3. The van der Waals surface area contributed by atoms with Crippen LogP contribution < -0.4 is 5.32 Å². The normalized spacial score (nSPS) is 15.7. The highest BCUT2D eigenvalue weighted by Gasteiger charge is 2.25. The summed E-state index contributed by atoms with van der Waals surface area (Å²) in [6, 6.07) is 8.21. The molecule has 0 unspecified atom stereocenters. The summed E-state index contributed by atoms with van der Waals surface area (Å²) in [6.07, 6.45) is 2.63. The Morgan fingerprint density at radius 2 is 2.11 bits per heavy atom. The van der Waals surface area contributed by atoms with E-state index in [-0.39, 0.29) is 11.8 Å². The molecular weight excluding hydrogens is 354 g/mol. The molecule has 2 aromatic rings. The quantitative estimate of drug-likeness (QED) is 0.706. The van der Waals surface area contributed by atoms with Crippen molar-refractivity contribution in [1.82, 2.24) is 15.2 Å². The van der Waals surface area contributed by atoms with Crippen LogP contribution in [-0.4, -0.2) is 49.1 Å². The third kappa shape index (κ3) is 5.42. The zero-order chi connectivity index (χ0) is 19.9. The highest BCUT2D eigenvalue weighted by molar-refractivity contribution is 5.78. The molecule has 0 bridgehead atoms. The van der Waals surface area contributed by atoms with Gasteiger partial charge in [0.05, 0.1) is 5.69 Å². The molecule has 1 amide bonds. The van der Waals surface area contributed by atoms with Gasteiger partial charge in [-0.1, -0.05) is 17.7 Å². The molecule has 0 spiro atoms. The van der Waals surface area contributed by atoms with Gasteiger partial charge in [-0.3, -0.25) is 9.69 Å². The van der Waals surface area contributed by atoms with Crippen LogP contribution in [0.5, 0.6) is 0 Å². The monoisotopic (exact) mass is 385 g/mol. The summed E-state index contributed by atoms with van der Waals surface area (Å²) < 4.78 is 10.9. The molecule has 1 aliphatic heterocycles. The van der Waals surface area contributed by atoms with E-state index in [1.165, 1.54) is 5.56 Å². The van der Waals surface area contributed by atoms with E-state index in [0.717, 1.165) is 55.9 Å². The van der Waals surface area contributed by atoms with Crippen LogP contribution in [0.1, 0.15) is 36.3 Å². The van der Waals surface area contributed by atoms with E-state index in [9.17, 15) is 4.79 Å². The van der Waals surface area contributed by atoms with Crippen LogP contribution in [0.2, 0.25) is 0 Å². The zero-order valence-electron chi connectivity index (χ0n) is 17.2. The fourth-order valence-corrected chi connectivity index (χ4v) is 3.61. The minimum atomic E-state index is 0.111. The highest BCUT2D eigenvalue weighted by Crippen LogP contribution is 2.25. The number of nitrogens with zero attached hydrogens (tertiary/aromatic N) is 2. The molecule has 28 heavy (non-hydrogen) atoms. The number of oxazole rings is 1. The van der Waals surface area contributed by atoms with Crippen LogP contribution in [0, 0.1) is 19.8 Å². The van der Waals surface area contributed by atoms with E-state index in [1.807, 2.05) is 19.1 Å². The van der Waals surface area contributed by atoms with E-state index >= 15 is 0 Å². The number of aryl methyl sites for hydroxylation is 2. The van der Waals surface area contributed by atoms with Gasteiger partial charge in [0.1, 0.15) is 5.76 Å². The Kier molecular flexibility index (Phi) is 7.23. The average molecular weight is 386 g/mol. The van der Waals surface area contributed by atoms with Gasteiger partial charge in [-0.15, -0.1) is 0 Å². The third-order valence-electron chi connectivity index (χ3n) is 5.31. The lowest BCUT2D eigenvalue weighted by Gasteiger charge is -2.30. The van der Waals surface area contributed by atoms with Crippen molar-refractivity contribution in [2.45, 2.75) is 39.7 Å². The molecule has 1 fully saturated rings. The smallest absolute Gasteiger partial charge is 0.226 e. The lowest BCUT2D eigenvalue weighted by molar-refractivity contribution is -0.126. The van der Waals surface area contributed by atoms with Crippen molar-refractivity contribution in [3.8, 4) is 11.5 Å². The van der Waals surface area contributed by atoms with E-state index < -0.39 is 0 Å². The first-order valence-corrected chi connectivity index (χ1v) is 10.1. The number of methoxy groups -OCH3 is 1. The molecule has 0 saturated carbocycles. The first-order valence-electron chi connectivity index (χ1n) is 10.1. The number of piperidine rings is 1. The molecule has 1 N–H and O–H groups in total.